The van der Waals surface area contributed by atoms with Crippen molar-refractivity contribution in [1.82, 2.24) is 20.1 Å². The Morgan fingerprint density at radius 3 is 2.78 bits per heavy atom. The lowest BCUT2D eigenvalue weighted by molar-refractivity contribution is 0.335. The Hall–Kier alpha value is -1.82. The molecule has 2 heterocycles. The molecule has 0 aliphatic carbocycles. The van der Waals surface area contributed by atoms with Gasteiger partial charge >= 0.3 is 0 Å². The minimum Gasteiger partial charge on any atom is -0.337 e. The van der Waals surface area contributed by atoms with Crippen LogP contribution >= 0.6 is 0 Å². The highest BCUT2D eigenvalue weighted by atomic mass is 16.5. The van der Waals surface area contributed by atoms with E-state index in [1.165, 1.54) is 0 Å². The molecule has 1 atom stereocenters. The molecule has 0 amide bonds. The molecule has 2 N–H and O–H groups in total. The Balaban J connectivity index is 2.20. The van der Waals surface area contributed by atoms with E-state index in [1.807, 2.05) is 6.92 Å². The lowest BCUT2D eigenvalue weighted by Gasteiger charge is -2.08. The van der Waals surface area contributed by atoms with Gasteiger partial charge in [-0.1, -0.05) is 19.0 Å². The first kappa shape index (κ1) is 12.6. The van der Waals surface area contributed by atoms with E-state index in [0.717, 1.165) is 6.42 Å². The molecule has 2 rings (SSSR count). The molecular weight excluding hydrogens is 230 g/mol. The largest absolute Gasteiger partial charge is 0.337 e. The number of nitrogens with zero attached hydrogens (tertiary/aromatic N) is 4. The van der Waals surface area contributed by atoms with Gasteiger partial charge in [0.1, 0.15) is 11.5 Å². The summed E-state index contributed by atoms with van der Waals surface area (Å²) in [6, 6.07) is 1.52. The summed E-state index contributed by atoms with van der Waals surface area (Å²) in [4.78, 5) is 12.5. The van der Waals surface area contributed by atoms with Gasteiger partial charge in [0.15, 0.2) is 0 Å². The van der Waals surface area contributed by atoms with Crippen molar-refractivity contribution in [2.75, 3.05) is 0 Å². The molecule has 0 saturated carbocycles. The smallest absolute Gasteiger partial charge is 0.243 e. The second-order valence-electron chi connectivity index (χ2n) is 4.68. The third-order valence-corrected chi connectivity index (χ3v) is 2.49. The number of hydrogen-bond acceptors (Lipinski definition) is 6. The van der Waals surface area contributed by atoms with E-state index >= 15 is 0 Å². The molecule has 0 aromatic carbocycles. The highest BCUT2D eigenvalue weighted by Gasteiger charge is 2.17. The average molecular weight is 247 g/mol. The summed E-state index contributed by atoms with van der Waals surface area (Å²) in [5.41, 5.74) is 6.64. The molecule has 0 unspecified atom stereocenters. The molecule has 0 saturated heterocycles. The van der Waals surface area contributed by atoms with Gasteiger partial charge in [-0.2, -0.15) is 4.98 Å². The summed E-state index contributed by atoms with van der Waals surface area (Å²) in [7, 11) is 0. The predicted octanol–water partition coefficient (Wildman–Crippen LogP) is 1.88. The van der Waals surface area contributed by atoms with Crippen LogP contribution in [0.5, 0.6) is 0 Å². The maximum atomic E-state index is 5.99. The molecule has 2 aromatic rings. The van der Waals surface area contributed by atoms with Crippen molar-refractivity contribution >= 4 is 0 Å². The van der Waals surface area contributed by atoms with Gasteiger partial charge in [-0.15, -0.1) is 0 Å². The topological polar surface area (TPSA) is 90.7 Å². The first-order valence-electron chi connectivity index (χ1n) is 5.95. The third-order valence-electron chi connectivity index (χ3n) is 2.49. The third kappa shape index (κ3) is 2.89. The van der Waals surface area contributed by atoms with Crippen molar-refractivity contribution in [3.05, 3.63) is 24.0 Å². The molecule has 0 aliphatic rings. The number of nitrogens with two attached hydrogens (primary N) is 1. The van der Waals surface area contributed by atoms with Crippen LogP contribution in [-0.2, 0) is 0 Å². The fourth-order valence-corrected chi connectivity index (χ4v) is 1.68. The second kappa shape index (κ2) is 5.22. The highest BCUT2D eigenvalue weighted by Crippen LogP contribution is 2.20. The second-order valence-corrected chi connectivity index (χ2v) is 4.68. The van der Waals surface area contributed by atoms with Crippen molar-refractivity contribution in [2.45, 2.75) is 33.2 Å². The average Bonchev–Trinajstić information content (AvgIpc) is 2.77. The Kier molecular flexibility index (Phi) is 3.66. The molecule has 0 aliphatic heterocycles. The Morgan fingerprint density at radius 2 is 2.11 bits per heavy atom. The van der Waals surface area contributed by atoms with Gasteiger partial charge in [-0.05, 0) is 25.3 Å². The predicted molar refractivity (Wildman–Crippen MR) is 66.4 cm³/mol. The SMILES string of the molecule is Cc1nccc(-c2noc([C@@H](N)CC(C)C)n2)n1. The van der Waals surface area contributed by atoms with Gasteiger partial charge in [0.2, 0.25) is 11.7 Å². The molecule has 6 nitrogen and oxygen atoms in total. The summed E-state index contributed by atoms with van der Waals surface area (Å²) in [5.74, 6) is 2.06. The molecule has 0 radical (unpaired) electrons. The number of rotatable bonds is 4. The van der Waals surface area contributed by atoms with E-state index in [0.29, 0.717) is 29.2 Å². The molecule has 96 valence electrons. The molecular formula is C12H17N5O. The van der Waals surface area contributed by atoms with E-state index in [4.69, 9.17) is 10.3 Å². The molecule has 0 spiro atoms. The van der Waals surface area contributed by atoms with Crippen molar-refractivity contribution < 1.29 is 4.52 Å². The van der Waals surface area contributed by atoms with Gasteiger partial charge < -0.3 is 10.3 Å². The first-order chi connectivity index (χ1) is 8.56. The summed E-state index contributed by atoms with van der Waals surface area (Å²) in [5, 5.41) is 3.90. The van der Waals surface area contributed by atoms with Crippen molar-refractivity contribution in [1.29, 1.82) is 0 Å². The molecule has 6 heteroatoms. The van der Waals surface area contributed by atoms with E-state index in [-0.39, 0.29) is 6.04 Å². The molecule has 0 fully saturated rings. The zero-order chi connectivity index (χ0) is 13.1. The minimum absolute atomic E-state index is 0.228. The lowest BCUT2D eigenvalue weighted by atomic mass is 10.0. The van der Waals surface area contributed by atoms with Gasteiger partial charge in [0.25, 0.3) is 0 Å². The van der Waals surface area contributed by atoms with Crippen LogP contribution in [0.15, 0.2) is 16.8 Å². The van der Waals surface area contributed by atoms with Crippen molar-refractivity contribution in [2.24, 2.45) is 11.7 Å². The highest BCUT2D eigenvalue weighted by molar-refractivity contribution is 5.47. The monoisotopic (exact) mass is 247 g/mol. The summed E-state index contributed by atoms with van der Waals surface area (Å²) in [6.45, 7) is 6.02. The van der Waals surface area contributed by atoms with Crippen LogP contribution < -0.4 is 5.73 Å². The van der Waals surface area contributed by atoms with E-state index < -0.39 is 0 Å². The van der Waals surface area contributed by atoms with Gasteiger partial charge in [0.05, 0.1) is 6.04 Å². The van der Waals surface area contributed by atoms with Gasteiger partial charge in [0, 0.05) is 6.20 Å². The Morgan fingerprint density at radius 1 is 1.33 bits per heavy atom. The standard InChI is InChI=1S/C12H17N5O/c1-7(2)6-9(13)12-16-11(17-18-12)10-4-5-14-8(3)15-10/h4-5,7,9H,6,13H2,1-3H3/t9-/m0/s1. The van der Waals surface area contributed by atoms with E-state index in [9.17, 15) is 0 Å². The fourth-order valence-electron chi connectivity index (χ4n) is 1.68. The maximum absolute atomic E-state index is 5.99. The van der Waals surface area contributed by atoms with Gasteiger partial charge in [-0.3, -0.25) is 0 Å². The van der Waals surface area contributed by atoms with E-state index in [2.05, 4.69) is 34.0 Å². The lowest BCUT2D eigenvalue weighted by Crippen LogP contribution is -2.13. The van der Waals surface area contributed by atoms with Crippen molar-refractivity contribution in [3.8, 4) is 11.5 Å². The van der Waals surface area contributed by atoms with Crippen molar-refractivity contribution in [3.63, 3.8) is 0 Å². The molecule has 2 aromatic heterocycles. The quantitative estimate of drug-likeness (QED) is 0.887. The first-order valence-corrected chi connectivity index (χ1v) is 5.95. The van der Waals surface area contributed by atoms with Crippen LogP contribution in [0, 0.1) is 12.8 Å². The van der Waals surface area contributed by atoms with Crippen LogP contribution in [0.4, 0.5) is 0 Å². The maximum Gasteiger partial charge on any atom is 0.243 e. The minimum atomic E-state index is -0.228. The van der Waals surface area contributed by atoms with Crippen LogP contribution in [0.1, 0.15) is 38.0 Å². The number of aryl methyl sites for hydroxylation is 1. The van der Waals surface area contributed by atoms with Gasteiger partial charge in [-0.25, -0.2) is 9.97 Å². The molecule has 0 bridgehead atoms. The normalized spacial score (nSPS) is 12.9. The summed E-state index contributed by atoms with van der Waals surface area (Å²) < 4.78 is 5.18. The number of aromatic nitrogens is 4. The summed E-state index contributed by atoms with van der Waals surface area (Å²) in [6.07, 6.45) is 2.48. The summed E-state index contributed by atoms with van der Waals surface area (Å²) >= 11 is 0. The Labute approximate surface area is 106 Å². The Bertz CT molecular complexity index is 523. The van der Waals surface area contributed by atoms with Crippen LogP contribution in [0.2, 0.25) is 0 Å². The number of hydrogen-bond donors (Lipinski definition) is 1. The van der Waals surface area contributed by atoms with E-state index in [1.54, 1.807) is 12.3 Å². The van der Waals surface area contributed by atoms with Crippen LogP contribution in [0.3, 0.4) is 0 Å². The van der Waals surface area contributed by atoms with Crippen LogP contribution in [0.25, 0.3) is 11.5 Å². The van der Waals surface area contributed by atoms with Crippen LogP contribution in [-0.4, -0.2) is 20.1 Å². The zero-order valence-electron chi connectivity index (χ0n) is 10.8. The zero-order valence-corrected chi connectivity index (χ0v) is 10.8. The molecule has 18 heavy (non-hydrogen) atoms. The fraction of sp³-hybridized carbons (Fsp3) is 0.500.